The standard InChI is InChI=1S/C16H18N4O2/c1-2-22-15-6-4-3-5-14(15)18-12-16(21)20-19-11-13-7-9-17-10-8-13/h3-10,12,19H,2,11H2,1H3,(H,20,21). The van der Waals surface area contributed by atoms with Gasteiger partial charge in [0.05, 0.1) is 12.8 Å². The molecule has 0 radical (unpaired) electrons. The zero-order valence-corrected chi connectivity index (χ0v) is 12.3. The summed E-state index contributed by atoms with van der Waals surface area (Å²) in [6, 6.07) is 11.0. The van der Waals surface area contributed by atoms with Gasteiger partial charge >= 0.3 is 0 Å². The number of hydrogen-bond donors (Lipinski definition) is 2. The molecule has 6 nitrogen and oxygen atoms in total. The molecule has 1 aromatic carbocycles. The zero-order valence-electron chi connectivity index (χ0n) is 12.3. The smallest absolute Gasteiger partial charge is 0.276 e. The van der Waals surface area contributed by atoms with E-state index >= 15 is 0 Å². The first-order chi connectivity index (χ1) is 10.8. The van der Waals surface area contributed by atoms with E-state index in [0.717, 1.165) is 5.56 Å². The molecular formula is C16H18N4O2. The van der Waals surface area contributed by atoms with Crippen LogP contribution in [0.15, 0.2) is 53.8 Å². The molecule has 0 aliphatic carbocycles. The highest BCUT2D eigenvalue weighted by molar-refractivity contribution is 6.26. The van der Waals surface area contributed by atoms with Gasteiger partial charge in [0.2, 0.25) is 0 Å². The lowest BCUT2D eigenvalue weighted by molar-refractivity contribution is -0.115. The minimum absolute atomic E-state index is 0.333. The predicted molar refractivity (Wildman–Crippen MR) is 85.0 cm³/mol. The SMILES string of the molecule is CCOc1ccccc1N=CC(=O)NNCc1ccncc1. The van der Waals surface area contributed by atoms with Crippen LogP contribution in [0.5, 0.6) is 5.75 Å². The van der Waals surface area contributed by atoms with E-state index in [2.05, 4.69) is 20.8 Å². The summed E-state index contributed by atoms with van der Waals surface area (Å²) in [6.07, 6.45) is 4.62. The third kappa shape index (κ3) is 4.99. The van der Waals surface area contributed by atoms with Gasteiger partial charge in [-0.15, -0.1) is 0 Å². The Kier molecular flexibility index (Phi) is 6.07. The van der Waals surface area contributed by atoms with Gasteiger partial charge in [-0.2, -0.15) is 0 Å². The van der Waals surface area contributed by atoms with E-state index in [1.165, 1.54) is 6.21 Å². The Morgan fingerprint density at radius 1 is 1.27 bits per heavy atom. The van der Waals surface area contributed by atoms with E-state index in [4.69, 9.17) is 4.74 Å². The lowest BCUT2D eigenvalue weighted by Crippen LogP contribution is -2.37. The molecule has 22 heavy (non-hydrogen) atoms. The largest absolute Gasteiger partial charge is 0.492 e. The van der Waals surface area contributed by atoms with Gasteiger partial charge in [-0.25, -0.2) is 10.4 Å². The van der Waals surface area contributed by atoms with Crippen molar-refractivity contribution in [2.45, 2.75) is 13.5 Å². The Morgan fingerprint density at radius 2 is 2.05 bits per heavy atom. The van der Waals surface area contributed by atoms with Crippen LogP contribution in [0.2, 0.25) is 0 Å². The molecule has 2 rings (SSSR count). The van der Waals surface area contributed by atoms with Crippen molar-refractivity contribution in [2.75, 3.05) is 6.61 Å². The van der Waals surface area contributed by atoms with E-state index in [9.17, 15) is 4.79 Å². The van der Waals surface area contributed by atoms with Crippen LogP contribution >= 0.6 is 0 Å². The lowest BCUT2D eigenvalue weighted by Gasteiger charge is -2.06. The van der Waals surface area contributed by atoms with Crippen molar-refractivity contribution >= 4 is 17.8 Å². The number of rotatable bonds is 7. The number of aromatic nitrogens is 1. The molecule has 0 saturated carbocycles. The summed E-state index contributed by atoms with van der Waals surface area (Å²) in [5, 5.41) is 0. The van der Waals surface area contributed by atoms with E-state index in [1.807, 2.05) is 37.3 Å². The van der Waals surface area contributed by atoms with Crippen molar-refractivity contribution in [1.82, 2.24) is 15.8 Å². The maximum absolute atomic E-state index is 11.7. The Balaban J connectivity index is 1.84. The summed E-state index contributed by atoms with van der Waals surface area (Å²) < 4.78 is 5.44. The molecule has 0 aliphatic rings. The maximum Gasteiger partial charge on any atom is 0.276 e. The number of para-hydroxylation sites is 2. The molecule has 0 fully saturated rings. The van der Waals surface area contributed by atoms with Gasteiger partial charge in [0, 0.05) is 18.9 Å². The summed E-state index contributed by atoms with van der Waals surface area (Å²) in [6.45, 7) is 2.96. The van der Waals surface area contributed by atoms with Crippen LogP contribution in [-0.2, 0) is 11.3 Å². The normalized spacial score (nSPS) is 10.6. The van der Waals surface area contributed by atoms with Crippen LogP contribution in [0.4, 0.5) is 5.69 Å². The molecule has 0 aliphatic heterocycles. The van der Waals surface area contributed by atoms with Crippen molar-refractivity contribution in [1.29, 1.82) is 0 Å². The first kappa shape index (κ1) is 15.7. The van der Waals surface area contributed by atoms with Crippen molar-refractivity contribution in [3.63, 3.8) is 0 Å². The Morgan fingerprint density at radius 3 is 2.82 bits per heavy atom. The highest BCUT2D eigenvalue weighted by atomic mass is 16.5. The zero-order chi connectivity index (χ0) is 15.6. The number of nitrogens with one attached hydrogen (secondary N) is 2. The van der Waals surface area contributed by atoms with Crippen molar-refractivity contribution in [3.8, 4) is 5.75 Å². The number of amides is 1. The molecule has 114 valence electrons. The minimum atomic E-state index is -0.333. The fraction of sp³-hybridized carbons (Fsp3) is 0.188. The molecule has 0 saturated heterocycles. The molecule has 2 aromatic rings. The third-order valence-electron chi connectivity index (χ3n) is 2.74. The maximum atomic E-state index is 11.7. The number of carbonyl (C=O) groups excluding carboxylic acids is 1. The second-order valence-electron chi connectivity index (χ2n) is 4.36. The number of ether oxygens (including phenoxy) is 1. The Labute approximate surface area is 129 Å². The van der Waals surface area contributed by atoms with E-state index in [0.29, 0.717) is 24.6 Å². The topological polar surface area (TPSA) is 75.6 Å². The van der Waals surface area contributed by atoms with Crippen LogP contribution in [0, 0.1) is 0 Å². The van der Waals surface area contributed by atoms with Crippen LogP contribution < -0.4 is 15.6 Å². The van der Waals surface area contributed by atoms with Gasteiger partial charge in [0.25, 0.3) is 5.91 Å². The first-order valence-electron chi connectivity index (χ1n) is 6.97. The van der Waals surface area contributed by atoms with Gasteiger partial charge < -0.3 is 4.74 Å². The molecule has 1 heterocycles. The number of pyridine rings is 1. The lowest BCUT2D eigenvalue weighted by atomic mass is 10.3. The number of hydrazine groups is 1. The Hall–Kier alpha value is -2.73. The average Bonchev–Trinajstić information content (AvgIpc) is 2.55. The summed E-state index contributed by atoms with van der Waals surface area (Å²) in [4.78, 5) is 19.8. The van der Waals surface area contributed by atoms with Crippen LogP contribution in [0.3, 0.4) is 0 Å². The second-order valence-corrected chi connectivity index (χ2v) is 4.36. The fourth-order valence-electron chi connectivity index (χ4n) is 1.74. The molecule has 1 aromatic heterocycles. The molecule has 2 N–H and O–H groups in total. The second kappa shape index (κ2) is 8.53. The summed E-state index contributed by atoms with van der Waals surface area (Å²) in [5.74, 6) is 0.319. The number of aliphatic imine (C=N–C) groups is 1. The molecule has 0 bridgehead atoms. The predicted octanol–water partition coefficient (Wildman–Crippen LogP) is 2.00. The minimum Gasteiger partial charge on any atom is -0.492 e. The van der Waals surface area contributed by atoms with Gasteiger partial charge in [0.1, 0.15) is 11.4 Å². The quantitative estimate of drug-likeness (QED) is 0.605. The van der Waals surface area contributed by atoms with Crippen molar-refractivity contribution in [3.05, 3.63) is 54.4 Å². The van der Waals surface area contributed by atoms with E-state index in [1.54, 1.807) is 18.5 Å². The first-order valence-corrected chi connectivity index (χ1v) is 6.97. The van der Waals surface area contributed by atoms with Crippen LogP contribution in [-0.4, -0.2) is 23.7 Å². The van der Waals surface area contributed by atoms with Crippen LogP contribution in [0.1, 0.15) is 12.5 Å². The van der Waals surface area contributed by atoms with E-state index in [-0.39, 0.29) is 5.91 Å². The van der Waals surface area contributed by atoms with Crippen molar-refractivity contribution in [2.24, 2.45) is 4.99 Å². The molecular weight excluding hydrogens is 280 g/mol. The van der Waals surface area contributed by atoms with Gasteiger partial charge in [-0.1, -0.05) is 12.1 Å². The molecule has 0 unspecified atom stereocenters. The molecule has 0 atom stereocenters. The van der Waals surface area contributed by atoms with Gasteiger partial charge in [-0.3, -0.25) is 15.2 Å². The molecule has 1 amide bonds. The van der Waals surface area contributed by atoms with Gasteiger partial charge in [-0.05, 0) is 36.8 Å². The number of nitrogens with zero attached hydrogens (tertiary/aromatic N) is 2. The van der Waals surface area contributed by atoms with Gasteiger partial charge in [0.15, 0.2) is 0 Å². The Bertz CT molecular complexity index is 629. The summed E-state index contributed by atoms with van der Waals surface area (Å²) >= 11 is 0. The monoisotopic (exact) mass is 298 g/mol. The number of carbonyl (C=O) groups is 1. The summed E-state index contributed by atoms with van der Waals surface area (Å²) in [7, 11) is 0. The fourth-order valence-corrected chi connectivity index (χ4v) is 1.74. The van der Waals surface area contributed by atoms with Crippen LogP contribution in [0.25, 0.3) is 0 Å². The number of benzene rings is 1. The highest BCUT2D eigenvalue weighted by Crippen LogP contribution is 2.26. The average molecular weight is 298 g/mol. The third-order valence-corrected chi connectivity index (χ3v) is 2.74. The highest BCUT2D eigenvalue weighted by Gasteiger charge is 2.01. The molecule has 0 spiro atoms. The van der Waals surface area contributed by atoms with Crippen molar-refractivity contribution < 1.29 is 9.53 Å². The summed E-state index contributed by atoms with van der Waals surface area (Å²) in [5.41, 5.74) is 7.02. The number of hydrogen-bond acceptors (Lipinski definition) is 5. The van der Waals surface area contributed by atoms with E-state index < -0.39 is 0 Å². The molecule has 6 heteroatoms.